The molecule has 2 atom stereocenters. The molecule has 12 N–H and O–H groups in total. The van der Waals surface area contributed by atoms with Crippen molar-refractivity contribution in [3.8, 4) is 0 Å². The van der Waals surface area contributed by atoms with Crippen molar-refractivity contribution in [1.82, 2.24) is 0 Å². The molecule has 94 valence electrons. The van der Waals surface area contributed by atoms with Crippen molar-refractivity contribution in [2.75, 3.05) is 0 Å². The molecule has 0 saturated carbocycles. The van der Waals surface area contributed by atoms with Crippen molar-refractivity contribution >= 4 is 11.9 Å². The van der Waals surface area contributed by atoms with Gasteiger partial charge >= 0.3 is 11.9 Å². The second kappa shape index (κ2) is 16.5. The van der Waals surface area contributed by atoms with Crippen LogP contribution in [0.15, 0.2) is 0 Å². The SMILES string of the molecule is O.O.O.O.O=C(O)C(O)C(O)C(=O)O.[Ce]. The summed E-state index contributed by atoms with van der Waals surface area (Å²) in [6.45, 7) is 0. The summed E-state index contributed by atoms with van der Waals surface area (Å²) >= 11 is 0. The number of hydrogen-bond acceptors (Lipinski definition) is 4. The van der Waals surface area contributed by atoms with Gasteiger partial charge < -0.3 is 42.3 Å². The van der Waals surface area contributed by atoms with Gasteiger partial charge in [-0.05, 0) is 0 Å². The fraction of sp³-hybridized carbons (Fsp3) is 0.500. The number of carboxylic acids is 2. The first-order chi connectivity index (χ1) is 4.46. The summed E-state index contributed by atoms with van der Waals surface area (Å²) in [7, 11) is 0. The fourth-order valence-corrected chi connectivity index (χ4v) is 0.270. The second-order valence-corrected chi connectivity index (χ2v) is 1.57. The minimum Gasteiger partial charge on any atom is -0.479 e. The summed E-state index contributed by atoms with van der Waals surface area (Å²) in [4.78, 5) is 19.5. The zero-order valence-electron chi connectivity index (χ0n) is 7.26. The third-order valence-corrected chi connectivity index (χ3v) is 0.805. The summed E-state index contributed by atoms with van der Waals surface area (Å²) in [6, 6.07) is 0. The Labute approximate surface area is 117 Å². The number of aliphatic carboxylic acids is 2. The third kappa shape index (κ3) is 14.1. The average molecular weight is 362 g/mol. The van der Waals surface area contributed by atoms with E-state index in [0.29, 0.717) is 0 Å². The molecule has 11 heteroatoms. The summed E-state index contributed by atoms with van der Waals surface area (Å²) in [6.07, 6.45) is -4.53. The molecule has 0 saturated heterocycles. The van der Waals surface area contributed by atoms with Gasteiger partial charge in [0, 0.05) is 41.7 Å². The van der Waals surface area contributed by atoms with Crippen LogP contribution in [0.3, 0.4) is 0 Å². The van der Waals surface area contributed by atoms with Gasteiger partial charge in [0.25, 0.3) is 0 Å². The molecule has 0 radical (unpaired) electrons. The van der Waals surface area contributed by atoms with Crippen molar-refractivity contribution in [2.24, 2.45) is 0 Å². The maximum Gasteiger partial charge on any atom is 0.335 e. The fourth-order valence-electron chi connectivity index (χ4n) is 0.270. The molecule has 0 aromatic carbocycles. The summed E-state index contributed by atoms with van der Waals surface area (Å²) in [5, 5.41) is 32.5. The number of aliphatic hydroxyl groups is 2. The standard InChI is InChI=1S/C4H6O6.Ce.4H2O/c5-1(3(7)8)2(6)4(9)10;;;;;/h1-2,5-6H,(H,7,8)(H,9,10);;4*1H2. The van der Waals surface area contributed by atoms with Crippen LogP contribution in [-0.4, -0.2) is 66.5 Å². The van der Waals surface area contributed by atoms with Crippen LogP contribution in [0.4, 0.5) is 0 Å². The Hall–Kier alpha value is 0.0766. The zero-order valence-corrected chi connectivity index (χ0v) is 10.4. The quantitative estimate of drug-likeness (QED) is 0.381. The van der Waals surface area contributed by atoms with E-state index in [-0.39, 0.29) is 63.7 Å². The minimum absolute atomic E-state index is 0. The first-order valence-corrected chi connectivity index (χ1v) is 2.28. The maximum atomic E-state index is 9.77. The van der Waals surface area contributed by atoms with E-state index in [0.717, 1.165) is 0 Å². The van der Waals surface area contributed by atoms with Crippen LogP contribution in [0, 0.1) is 41.7 Å². The van der Waals surface area contributed by atoms with Gasteiger partial charge in [0.1, 0.15) is 0 Å². The van der Waals surface area contributed by atoms with E-state index < -0.39 is 24.1 Å². The van der Waals surface area contributed by atoms with Gasteiger partial charge in [-0.1, -0.05) is 0 Å². The van der Waals surface area contributed by atoms with E-state index in [4.69, 9.17) is 20.4 Å². The van der Waals surface area contributed by atoms with Crippen molar-refractivity contribution < 1.29 is 93.7 Å². The molecule has 0 rings (SSSR count). The Morgan fingerprint density at radius 2 is 0.867 bits per heavy atom. The van der Waals surface area contributed by atoms with Crippen molar-refractivity contribution in [2.45, 2.75) is 12.2 Å². The Bertz CT molecular complexity index is 142. The van der Waals surface area contributed by atoms with Gasteiger partial charge in [0.2, 0.25) is 0 Å². The number of carbonyl (C=O) groups is 2. The largest absolute Gasteiger partial charge is 0.479 e. The molecule has 2 unspecified atom stereocenters. The molecule has 0 aliphatic rings. The normalized spacial score (nSPS) is 10.5. The predicted molar refractivity (Wildman–Crippen MR) is 41.7 cm³/mol. The number of rotatable bonds is 3. The van der Waals surface area contributed by atoms with Crippen LogP contribution in [0.25, 0.3) is 0 Å². The van der Waals surface area contributed by atoms with E-state index in [1.165, 1.54) is 0 Å². The van der Waals surface area contributed by atoms with Crippen LogP contribution < -0.4 is 0 Å². The van der Waals surface area contributed by atoms with Gasteiger partial charge in [0.15, 0.2) is 12.2 Å². The van der Waals surface area contributed by atoms with Gasteiger partial charge in [-0.3, -0.25) is 0 Å². The third-order valence-electron chi connectivity index (χ3n) is 0.805. The Kier molecular flexibility index (Phi) is 39.9. The molecule has 0 spiro atoms. The van der Waals surface area contributed by atoms with Crippen LogP contribution >= 0.6 is 0 Å². The topological polar surface area (TPSA) is 241 Å². The van der Waals surface area contributed by atoms with Crippen molar-refractivity contribution in [3.05, 3.63) is 0 Å². The molecule has 10 nitrogen and oxygen atoms in total. The minimum atomic E-state index is -2.27. The summed E-state index contributed by atoms with van der Waals surface area (Å²) in [5.74, 6) is -3.54. The molecule has 0 aliphatic heterocycles. The van der Waals surface area contributed by atoms with Gasteiger partial charge in [-0.15, -0.1) is 0 Å². The number of aliphatic hydroxyl groups excluding tert-OH is 2. The van der Waals surface area contributed by atoms with Crippen LogP contribution in [0.2, 0.25) is 0 Å². The van der Waals surface area contributed by atoms with Crippen molar-refractivity contribution in [3.63, 3.8) is 0 Å². The van der Waals surface area contributed by atoms with Gasteiger partial charge in [-0.2, -0.15) is 0 Å². The van der Waals surface area contributed by atoms with Crippen LogP contribution in [-0.2, 0) is 9.59 Å². The average Bonchev–Trinajstić information content (AvgIpc) is 1.84. The first kappa shape index (κ1) is 36.3. The predicted octanol–water partition coefficient (Wildman–Crippen LogP) is -5.42. The first-order valence-electron chi connectivity index (χ1n) is 2.28. The monoisotopic (exact) mass is 362 g/mol. The molecular weight excluding hydrogens is 348 g/mol. The van der Waals surface area contributed by atoms with E-state index >= 15 is 0 Å². The number of hydrogen-bond donors (Lipinski definition) is 4. The maximum absolute atomic E-state index is 9.77. The Balaban J connectivity index is -0.0000000405. The molecule has 0 heterocycles. The Morgan fingerprint density at radius 3 is 0.933 bits per heavy atom. The second-order valence-electron chi connectivity index (χ2n) is 1.57. The summed E-state index contributed by atoms with van der Waals surface area (Å²) < 4.78 is 0. The van der Waals surface area contributed by atoms with E-state index in [9.17, 15) is 9.59 Å². The zero-order chi connectivity index (χ0) is 8.31. The smallest absolute Gasteiger partial charge is 0.335 e. The molecular formula is C4H14CeO10. The molecule has 15 heavy (non-hydrogen) atoms. The molecule has 0 aromatic rings. The molecule has 0 amide bonds. The van der Waals surface area contributed by atoms with Gasteiger partial charge in [0.05, 0.1) is 0 Å². The molecule has 0 bridgehead atoms. The van der Waals surface area contributed by atoms with Crippen molar-refractivity contribution in [1.29, 1.82) is 0 Å². The molecule has 0 aliphatic carbocycles. The number of carboxylic acid groups (broad SMARTS) is 2. The van der Waals surface area contributed by atoms with E-state index in [1.54, 1.807) is 0 Å². The Morgan fingerprint density at radius 1 is 0.733 bits per heavy atom. The van der Waals surface area contributed by atoms with Crippen LogP contribution in [0.1, 0.15) is 0 Å². The molecule has 0 fully saturated rings. The van der Waals surface area contributed by atoms with E-state index in [2.05, 4.69) is 0 Å². The van der Waals surface area contributed by atoms with Gasteiger partial charge in [-0.25, -0.2) is 9.59 Å². The summed E-state index contributed by atoms with van der Waals surface area (Å²) in [5.41, 5.74) is 0. The molecule has 0 aromatic heterocycles. The van der Waals surface area contributed by atoms with Crippen LogP contribution in [0.5, 0.6) is 0 Å². The van der Waals surface area contributed by atoms with E-state index in [1.807, 2.05) is 0 Å².